The summed E-state index contributed by atoms with van der Waals surface area (Å²) in [5, 5.41) is 105. The number of rotatable bonds is 27. The van der Waals surface area contributed by atoms with Crippen molar-refractivity contribution in [2.75, 3.05) is 71.9 Å². The summed E-state index contributed by atoms with van der Waals surface area (Å²) in [5.74, 6) is -2.57. The number of para-hydroxylation sites is 1. The van der Waals surface area contributed by atoms with Crippen molar-refractivity contribution in [3.8, 4) is 64.2 Å². The van der Waals surface area contributed by atoms with Gasteiger partial charge in [-0.25, -0.2) is 9.97 Å². The molecule has 9 aromatic carbocycles. The number of methoxy groups -OCH3 is 4. The molecule has 0 aliphatic carbocycles. The zero-order chi connectivity index (χ0) is 99.3. The second-order valence-electron chi connectivity index (χ2n) is 28.6. The highest BCUT2D eigenvalue weighted by molar-refractivity contribution is 14.1. The number of nitrogens with one attached hydrogen (secondary N) is 5. The third-order valence-electron chi connectivity index (χ3n) is 18.9. The van der Waals surface area contributed by atoms with Gasteiger partial charge in [-0.05, 0) is 246 Å². The number of hydrogen-bond acceptors (Lipinski definition) is 24. The highest BCUT2D eigenvalue weighted by Crippen LogP contribution is 2.42. The fourth-order valence-electron chi connectivity index (χ4n) is 12.1. The lowest BCUT2D eigenvalue weighted by atomic mass is 9.99. The third kappa shape index (κ3) is 32.4. The van der Waals surface area contributed by atoms with Gasteiger partial charge < -0.3 is 76.3 Å². The number of alkyl halides is 6. The lowest BCUT2D eigenvalue weighted by Gasteiger charge is -2.14. The molecule has 13 rings (SSSR count). The second-order valence-corrected chi connectivity index (χ2v) is 33.8. The van der Waals surface area contributed by atoms with E-state index in [2.05, 4.69) is 81.3 Å². The van der Waals surface area contributed by atoms with Crippen LogP contribution in [0.15, 0.2) is 237 Å². The molecule has 136 heavy (non-hydrogen) atoms. The van der Waals surface area contributed by atoms with E-state index < -0.39 is 64.3 Å². The Morgan fingerprint density at radius 3 is 1.74 bits per heavy atom. The minimum Gasteiger partial charge on any atom is -0.618 e. The molecule has 1 aliphatic rings. The lowest BCUT2D eigenvalue weighted by Crippen LogP contribution is -2.32. The Morgan fingerprint density at radius 1 is 0.632 bits per heavy atom. The number of hydrogen-bond donors (Lipinski definition) is 10. The molecule has 28 nitrogen and oxygen atoms in total. The lowest BCUT2D eigenvalue weighted by molar-refractivity contribution is -0.610. The van der Waals surface area contributed by atoms with Crippen LogP contribution in [0.2, 0.25) is 5.02 Å². The van der Waals surface area contributed by atoms with Crippen molar-refractivity contribution in [2.45, 2.75) is 51.4 Å². The van der Waals surface area contributed by atoms with Crippen molar-refractivity contribution < 1.29 is 104 Å². The van der Waals surface area contributed by atoms with Crippen molar-refractivity contribution >= 4 is 181 Å². The maximum atomic E-state index is 12.7. The number of aryl methyl sites for hydroxylation is 2. The van der Waals surface area contributed by atoms with Crippen LogP contribution in [0, 0.1) is 55.6 Å². The van der Waals surface area contributed by atoms with Crippen molar-refractivity contribution in [2.24, 2.45) is 5.92 Å². The monoisotopic (exact) mass is 2160 g/mol. The number of fused-ring (bicyclic) bond motifs is 2. The van der Waals surface area contributed by atoms with Crippen molar-refractivity contribution in [1.29, 1.82) is 15.8 Å². The molecule has 3 aromatic heterocycles. The number of pyridine rings is 1. The van der Waals surface area contributed by atoms with Crippen molar-refractivity contribution in [1.82, 2.24) is 30.8 Å². The first kappa shape index (κ1) is 107. The Bertz CT molecular complexity index is 6280. The number of amides is 6. The molecule has 10 N–H and O–H groups in total. The number of halogens is 10. The molecule has 1 saturated heterocycles. The molecule has 4 heterocycles. The van der Waals surface area contributed by atoms with E-state index in [9.17, 15) is 102 Å². The summed E-state index contributed by atoms with van der Waals surface area (Å²) in [6.45, 7) is 3.46. The zero-order valence-corrected chi connectivity index (χ0v) is 80.3. The standard InChI is InChI=1S/C23H18Br2N4O6.C20H21IN2O3.C16H15N3O2.C14H14ClNO3S.C13H7F6NOS.C10H9NO/c24-16-6-12(8-18(30)20(16)32)4-14(10-26)22(34)28-2-1-3-29-23(35)15(11-27)5-13-7-17(25)21(33)19(31)9-13;1-26-18-12-15(11-17(21)19(18)24)10-16(13-22)20(25)23-9-5-8-14-6-3-2-4-7-14;1-20-14-8-12-13(9-15(14)21-2)17-10-18-16(12)19-11-6-4-3-5-7-11;1-19-8-4-7-16-13(17)12(20-14(16)18)9-10-5-2-3-6-11(10)15;14-12(15,16)7-4-8(13(17,18)19)6-9(5-7)20-11(21)10-2-1-3-22-10;1-8-6-9-4-2-3-5-10(9)7-11(8)12/h4-9,30-33H,1-3H2,(H,28,34)(H,29,35);2-4,6-7,11-12,16,24H,5,8-10H2,1H3,(H,23,25);3-10H,1-2H3,(H,17,18,19);2-3,5-6,9H,4,7-8H2,1H3;1-6H,(H,20,21);2-7H,1H3/b14-4+,15-5+;;;12-9+;;. The Kier molecular flexibility index (Phi) is 41.5. The quantitative estimate of drug-likeness (QED) is 0.00334. The number of aromatic nitrogens is 3. The van der Waals surface area contributed by atoms with E-state index in [0.29, 0.717) is 86.5 Å². The first-order chi connectivity index (χ1) is 64.9. The molecule has 1 atom stereocenters. The van der Waals surface area contributed by atoms with Crippen LogP contribution < -0.4 is 45.5 Å². The molecule has 1 aliphatic heterocycles. The van der Waals surface area contributed by atoms with Crippen LogP contribution in [0.5, 0.6) is 46.0 Å². The molecule has 1 unspecified atom stereocenters. The van der Waals surface area contributed by atoms with Gasteiger partial charge in [-0.15, -0.1) is 11.3 Å². The summed E-state index contributed by atoms with van der Waals surface area (Å²) >= 11 is 16.1. The summed E-state index contributed by atoms with van der Waals surface area (Å²) in [7, 11) is 6.27. The molecule has 0 spiro atoms. The van der Waals surface area contributed by atoms with E-state index in [4.69, 9.17) is 30.5 Å². The minimum absolute atomic E-state index is 0.000792. The van der Waals surface area contributed by atoms with Crippen LogP contribution in [0.25, 0.3) is 39.9 Å². The average Bonchev–Trinajstić information content (AvgIpc) is 1.58. The molecule has 0 bridgehead atoms. The van der Waals surface area contributed by atoms with Gasteiger partial charge >= 0.3 is 12.4 Å². The number of nitriles is 3. The maximum absolute atomic E-state index is 12.7. The van der Waals surface area contributed by atoms with Crippen LogP contribution in [-0.2, 0) is 49.1 Å². The molecule has 6 amide bonds. The number of imide groups is 1. The van der Waals surface area contributed by atoms with E-state index in [1.165, 1.54) is 72.5 Å². The number of phenols is 5. The number of anilines is 3. The third-order valence-corrected chi connectivity index (χ3v) is 23.1. The van der Waals surface area contributed by atoms with Gasteiger partial charge in [0.1, 0.15) is 41.3 Å². The SMILES string of the molecule is COCCCN1C(=O)S/C(=C/c2ccccc2Cl)C1=O.COc1cc(CC(C#N)C(=O)NCCCc2ccccc2)cc(I)c1O.COc1cc2ncnc(Nc3ccccc3)c2cc1OC.Cc1cc2ccccc2c[n+]1[O-].N#C/C(=C\c1cc(O)c(O)c(Br)c1)C(=O)NCCCNC(=O)/C(C#N)=C/c1cc(O)c(O)c(Br)c1.O=C(Nc1cc(C(F)(F)F)cc(C(F)(F)F)c1)c1cccs1. The highest BCUT2D eigenvalue weighted by atomic mass is 127. The molecule has 1 fully saturated rings. The van der Waals surface area contributed by atoms with Crippen LogP contribution in [0.3, 0.4) is 0 Å². The van der Waals surface area contributed by atoms with E-state index in [0.717, 1.165) is 90.7 Å². The number of nitrogens with zero attached hydrogens (tertiary/aromatic N) is 7. The molecule has 12 aromatic rings. The molecule has 706 valence electrons. The topological polar surface area (TPSA) is 428 Å². The number of carbonyl (C=O) groups is 6. The van der Waals surface area contributed by atoms with Gasteiger partial charge in [-0.2, -0.15) is 46.9 Å². The van der Waals surface area contributed by atoms with Gasteiger partial charge in [0.05, 0.1) is 66.3 Å². The Labute approximate surface area is 819 Å². The Hall–Kier alpha value is -14.0. The number of thiophene rings is 1. The van der Waals surface area contributed by atoms with Crippen molar-refractivity contribution in [3.05, 3.63) is 300 Å². The summed E-state index contributed by atoms with van der Waals surface area (Å²) in [5.41, 5.74) is 1.85. The van der Waals surface area contributed by atoms with E-state index in [1.54, 1.807) is 82.3 Å². The number of carbonyl (C=O) groups excluding carboxylic acids is 6. The summed E-state index contributed by atoms with van der Waals surface area (Å²) < 4.78 is 98.6. The number of thioether (sulfide) groups is 1. The predicted molar refractivity (Wildman–Crippen MR) is 520 cm³/mol. The highest BCUT2D eigenvalue weighted by Gasteiger charge is 2.38. The average molecular weight is 2160 g/mol. The fourth-order valence-corrected chi connectivity index (χ4v) is 15.4. The van der Waals surface area contributed by atoms with Gasteiger partial charge in [0, 0.05) is 86.1 Å². The van der Waals surface area contributed by atoms with Crippen LogP contribution in [-0.4, -0.2) is 136 Å². The predicted octanol–water partition coefficient (Wildman–Crippen LogP) is 20.2. The summed E-state index contributed by atoms with van der Waals surface area (Å²) in [6.07, 6.45) is 0.258. The van der Waals surface area contributed by atoms with Gasteiger partial charge in [0.2, 0.25) is 5.91 Å². The largest absolute Gasteiger partial charge is 0.618 e. The van der Waals surface area contributed by atoms with Gasteiger partial charge in [-0.3, -0.25) is 33.7 Å². The minimum atomic E-state index is -4.95. The second kappa shape index (κ2) is 52.6. The van der Waals surface area contributed by atoms with Crippen molar-refractivity contribution in [3.63, 3.8) is 0 Å². The zero-order valence-electron chi connectivity index (χ0n) is 72.5. The number of phenolic OH excluding ortho intramolecular Hbond substituents is 5. The fraction of sp³-hybridized carbons (Fsp3) is 0.188. The first-order valence-electron chi connectivity index (χ1n) is 40.3. The van der Waals surface area contributed by atoms with E-state index in [1.807, 2.05) is 131 Å². The van der Waals surface area contributed by atoms with Crippen LogP contribution >= 0.6 is 89.2 Å². The number of ether oxygens (including phenoxy) is 4. The molecule has 0 radical (unpaired) electrons. The number of benzene rings is 9. The van der Waals surface area contributed by atoms with Crippen LogP contribution in [0.1, 0.15) is 73.6 Å². The Morgan fingerprint density at radius 2 is 1.19 bits per heavy atom. The molecular weight excluding hydrogens is 2080 g/mol. The van der Waals surface area contributed by atoms with E-state index in [-0.39, 0.29) is 84.8 Å². The number of aromatic hydroxyl groups is 5. The first-order valence-corrected chi connectivity index (χ1v) is 45.0. The van der Waals surface area contributed by atoms with E-state index >= 15 is 0 Å². The van der Waals surface area contributed by atoms with Crippen LogP contribution in [0.4, 0.5) is 48.3 Å². The van der Waals surface area contributed by atoms with Gasteiger partial charge in [0.15, 0.2) is 57.9 Å². The molecular formula is C96H84Br2ClF6IN12O16S2. The maximum Gasteiger partial charge on any atom is 0.416 e. The normalized spacial score (nSPS) is 12.1. The van der Waals surface area contributed by atoms with Gasteiger partial charge in [-0.1, -0.05) is 103 Å². The summed E-state index contributed by atoms with van der Waals surface area (Å²) in [6, 6.07) is 58.7. The summed E-state index contributed by atoms with van der Waals surface area (Å²) in [4.78, 5) is 82.9. The Balaban J connectivity index is 0.000000205. The molecule has 40 heteroatoms. The smallest absolute Gasteiger partial charge is 0.416 e. The molecule has 0 saturated carbocycles. The van der Waals surface area contributed by atoms with Gasteiger partial charge in [0.25, 0.3) is 28.9 Å².